The first-order valence-electron chi connectivity index (χ1n) is 7.99. The Morgan fingerprint density at radius 1 is 1.23 bits per heavy atom. The first-order valence-corrected chi connectivity index (χ1v) is 7.99. The number of rotatable bonds is 4. The van der Waals surface area contributed by atoms with Crippen LogP contribution in [0.5, 0.6) is 0 Å². The van der Waals surface area contributed by atoms with Crippen molar-refractivity contribution >= 4 is 17.5 Å². The molecule has 5 heteroatoms. The summed E-state index contributed by atoms with van der Waals surface area (Å²) in [7, 11) is 0. The molecule has 2 aliphatic heterocycles. The maximum atomic E-state index is 12.1. The van der Waals surface area contributed by atoms with Gasteiger partial charge in [-0.1, -0.05) is 12.1 Å². The lowest BCUT2D eigenvalue weighted by molar-refractivity contribution is -0.128. The van der Waals surface area contributed by atoms with Crippen LogP contribution in [0.25, 0.3) is 0 Å². The van der Waals surface area contributed by atoms with Crippen LogP contribution < -0.4 is 10.2 Å². The second-order valence-electron chi connectivity index (χ2n) is 5.92. The largest absolute Gasteiger partial charge is 0.381 e. The van der Waals surface area contributed by atoms with Crippen molar-refractivity contribution in [3.63, 3.8) is 0 Å². The summed E-state index contributed by atoms with van der Waals surface area (Å²) in [4.78, 5) is 25.6. The summed E-state index contributed by atoms with van der Waals surface area (Å²) in [6.45, 7) is 2.69. The number of carbonyl (C=O) groups excluding carboxylic acids is 2. The number of carbonyl (C=O) groups is 2. The highest BCUT2D eigenvalue weighted by molar-refractivity contribution is 5.95. The smallest absolute Gasteiger partial charge is 0.227 e. The number of anilines is 1. The Balaban J connectivity index is 1.52. The van der Waals surface area contributed by atoms with E-state index in [0.717, 1.165) is 37.1 Å². The number of amides is 2. The van der Waals surface area contributed by atoms with Gasteiger partial charge in [0.15, 0.2) is 0 Å². The Bertz CT molecular complexity index is 535. The summed E-state index contributed by atoms with van der Waals surface area (Å²) in [6.07, 6.45) is 3.19. The van der Waals surface area contributed by atoms with Crippen molar-refractivity contribution in [2.24, 2.45) is 5.92 Å². The lowest BCUT2D eigenvalue weighted by atomic mass is 9.99. The molecule has 0 saturated carbocycles. The van der Waals surface area contributed by atoms with E-state index in [4.69, 9.17) is 4.74 Å². The van der Waals surface area contributed by atoms with Crippen LogP contribution in [0.3, 0.4) is 0 Å². The number of ether oxygens (including phenoxy) is 1. The zero-order chi connectivity index (χ0) is 15.4. The highest BCUT2D eigenvalue weighted by Gasteiger charge is 2.22. The monoisotopic (exact) mass is 302 g/mol. The molecule has 2 aliphatic rings. The average Bonchev–Trinajstić information content (AvgIpc) is 3.00. The summed E-state index contributed by atoms with van der Waals surface area (Å²) < 4.78 is 5.27. The Labute approximate surface area is 130 Å². The predicted molar refractivity (Wildman–Crippen MR) is 83.4 cm³/mol. The van der Waals surface area contributed by atoms with Crippen LogP contribution in [0.15, 0.2) is 24.3 Å². The van der Waals surface area contributed by atoms with Crippen molar-refractivity contribution in [3.8, 4) is 0 Å². The summed E-state index contributed by atoms with van der Waals surface area (Å²) in [5, 5.41) is 2.99. The van der Waals surface area contributed by atoms with Gasteiger partial charge in [-0.2, -0.15) is 0 Å². The number of hydrogen-bond donors (Lipinski definition) is 1. The molecule has 3 rings (SSSR count). The summed E-state index contributed by atoms with van der Waals surface area (Å²) >= 11 is 0. The van der Waals surface area contributed by atoms with Crippen LogP contribution in [-0.4, -0.2) is 31.6 Å². The van der Waals surface area contributed by atoms with Crippen molar-refractivity contribution in [2.75, 3.05) is 24.7 Å². The molecule has 1 aromatic carbocycles. The van der Waals surface area contributed by atoms with Gasteiger partial charge >= 0.3 is 0 Å². The topological polar surface area (TPSA) is 58.6 Å². The minimum Gasteiger partial charge on any atom is -0.381 e. The lowest BCUT2D eigenvalue weighted by Crippen LogP contribution is -2.33. The van der Waals surface area contributed by atoms with Crippen molar-refractivity contribution < 1.29 is 14.3 Å². The van der Waals surface area contributed by atoms with E-state index in [-0.39, 0.29) is 17.7 Å². The minimum absolute atomic E-state index is 0.0789. The van der Waals surface area contributed by atoms with Crippen LogP contribution in [0.4, 0.5) is 5.69 Å². The van der Waals surface area contributed by atoms with Gasteiger partial charge in [-0.25, -0.2) is 0 Å². The molecule has 0 aliphatic carbocycles. The SMILES string of the molecule is O=C(NCc1ccc(N2CCCC2=O)cc1)C1CCOCC1. The van der Waals surface area contributed by atoms with Gasteiger partial charge in [-0.3, -0.25) is 9.59 Å². The summed E-state index contributed by atoms with van der Waals surface area (Å²) in [5.41, 5.74) is 2.00. The number of benzene rings is 1. The van der Waals surface area contributed by atoms with E-state index in [1.165, 1.54) is 0 Å². The fourth-order valence-corrected chi connectivity index (χ4v) is 3.01. The average molecular weight is 302 g/mol. The molecule has 1 N–H and O–H groups in total. The Kier molecular flexibility index (Phi) is 4.73. The third-order valence-corrected chi connectivity index (χ3v) is 4.38. The normalized spacial score (nSPS) is 19.5. The van der Waals surface area contributed by atoms with Gasteiger partial charge in [-0.05, 0) is 37.0 Å². The number of hydrogen-bond acceptors (Lipinski definition) is 3. The molecule has 0 unspecified atom stereocenters. The van der Waals surface area contributed by atoms with E-state index >= 15 is 0 Å². The second kappa shape index (κ2) is 6.92. The summed E-state index contributed by atoms with van der Waals surface area (Å²) in [6, 6.07) is 7.87. The molecule has 0 atom stereocenters. The van der Waals surface area contributed by atoms with Crippen molar-refractivity contribution in [1.82, 2.24) is 5.32 Å². The number of nitrogens with zero attached hydrogens (tertiary/aromatic N) is 1. The standard InChI is InChI=1S/C17H22N2O3/c20-16-2-1-9-19(16)15-5-3-13(4-6-15)12-18-17(21)14-7-10-22-11-8-14/h3-6,14H,1-2,7-12H2,(H,18,21). The summed E-state index contributed by atoms with van der Waals surface area (Å²) in [5.74, 6) is 0.387. The Morgan fingerprint density at radius 3 is 2.59 bits per heavy atom. The van der Waals surface area contributed by atoms with E-state index in [2.05, 4.69) is 5.32 Å². The van der Waals surface area contributed by atoms with E-state index in [1.54, 1.807) is 0 Å². The molecule has 2 amide bonds. The van der Waals surface area contributed by atoms with E-state index in [0.29, 0.717) is 26.2 Å². The van der Waals surface area contributed by atoms with E-state index in [1.807, 2.05) is 29.2 Å². The third-order valence-electron chi connectivity index (χ3n) is 4.38. The van der Waals surface area contributed by atoms with Crippen molar-refractivity contribution in [1.29, 1.82) is 0 Å². The lowest BCUT2D eigenvalue weighted by Gasteiger charge is -2.21. The fraction of sp³-hybridized carbons (Fsp3) is 0.529. The molecule has 0 radical (unpaired) electrons. The first kappa shape index (κ1) is 15.0. The maximum absolute atomic E-state index is 12.1. The van der Waals surface area contributed by atoms with Crippen LogP contribution in [0.2, 0.25) is 0 Å². The van der Waals surface area contributed by atoms with Crippen LogP contribution in [0, 0.1) is 5.92 Å². The molecule has 5 nitrogen and oxygen atoms in total. The quantitative estimate of drug-likeness (QED) is 0.923. The van der Waals surface area contributed by atoms with Crippen LogP contribution >= 0.6 is 0 Å². The molecule has 0 spiro atoms. The molecule has 2 heterocycles. The Morgan fingerprint density at radius 2 is 1.95 bits per heavy atom. The zero-order valence-electron chi connectivity index (χ0n) is 12.7. The number of nitrogens with one attached hydrogen (secondary N) is 1. The van der Waals surface area contributed by atoms with E-state index in [9.17, 15) is 9.59 Å². The van der Waals surface area contributed by atoms with Gasteiger partial charge < -0.3 is 15.0 Å². The van der Waals surface area contributed by atoms with Gasteiger partial charge in [0.05, 0.1) is 0 Å². The fourth-order valence-electron chi connectivity index (χ4n) is 3.01. The predicted octanol–water partition coefficient (Wildman–Crippen LogP) is 1.86. The van der Waals surface area contributed by atoms with Gasteiger partial charge in [0.2, 0.25) is 11.8 Å². The molecule has 118 valence electrons. The second-order valence-corrected chi connectivity index (χ2v) is 5.92. The molecule has 22 heavy (non-hydrogen) atoms. The molecular formula is C17H22N2O3. The highest BCUT2D eigenvalue weighted by atomic mass is 16.5. The van der Waals surface area contributed by atoms with Crippen molar-refractivity contribution in [3.05, 3.63) is 29.8 Å². The van der Waals surface area contributed by atoms with Gasteiger partial charge in [0.25, 0.3) is 0 Å². The molecule has 0 bridgehead atoms. The minimum atomic E-state index is 0.0789. The maximum Gasteiger partial charge on any atom is 0.227 e. The molecule has 2 saturated heterocycles. The molecule has 1 aromatic rings. The molecule has 0 aromatic heterocycles. The van der Waals surface area contributed by atoms with Gasteiger partial charge in [0.1, 0.15) is 0 Å². The zero-order valence-corrected chi connectivity index (χ0v) is 12.7. The highest BCUT2D eigenvalue weighted by Crippen LogP contribution is 2.21. The van der Waals surface area contributed by atoms with Crippen LogP contribution in [-0.2, 0) is 20.9 Å². The van der Waals surface area contributed by atoms with Gasteiger partial charge in [-0.15, -0.1) is 0 Å². The van der Waals surface area contributed by atoms with Gasteiger partial charge in [0, 0.05) is 44.3 Å². The van der Waals surface area contributed by atoms with Crippen molar-refractivity contribution in [2.45, 2.75) is 32.2 Å². The molecular weight excluding hydrogens is 280 g/mol. The van der Waals surface area contributed by atoms with Crippen LogP contribution in [0.1, 0.15) is 31.2 Å². The first-order chi connectivity index (χ1) is 10.7. The molecule has 2 fully saturated rings. The van der Waals surface area contributed by atoms with E-state index < -0.39 is 0 Å². The Hall–Kier alpha value is -1.88. The third kappa shape index (κ3) is 3.47.